The smallest absolute Gasteiger partial charge is 0.243 e. The van der Waals surface area contributed by atoms with E-state index in [-0.39, 0.29) is 17.9 Å². The molecule has 1 aliphatic carbocycles. The van der Waals surface area contributed by atoms with E-state index in [2.05, 4.69) is 5.32 Å². The summed E-state index contributed by atoms with van der Waals surface area (Å²) >= 11 is 0. The average molecular weight is 380 g/mol. The van der Waals surface area contributed by atoms with Crippen molar-refractivity contribution >= 4 is 15.9 Å². The third kappa shape index (κ3) is 4.64. The fourth-order valence-corrected chi connectivity index (χ4v) is 5.35. The second-order valence-corrected chi connectivity index (χ2v) is 9.39. The van der Waals surface area contributed by atoms with E-state index in [1.165, 1.54) is 0 Å². The molecule has 0 aromatic heterocycles. The minimum Gasteiger partial charge on any atom is -0.352 e. The van der Waals surface area contributed by atoms with Crippen LogP contribution in [0.4, 0.5) is 0 Å². The highest BCUT2D eigenvalue weighted by Gasteiger charge is 2.26. The quantitative estimate of drug-likeness (QED) is 0.818. The average Bonchev–Trinajstić information content (AvgIpc) is 2.67. The van der Waals surface area contributed by atoms with Crippen LogP contribution >= 0.6 is 0 Å². The summed E-state index contributed by atoms with van der Waals surface area (Å²) in [5, 5.41) is 2.96. The predicted octanol–water partition coefficient (Wildman–Crippen LogP) is 1.99. The molecule has 6 nitrogen and oxygen atoms in total. The molecule has 1 saturated heterocycles. The van der Waals surface area contributed by atoms with Crippen molar-refractivity contribution < 1.29 is 13.2 Å². The van der Waals surface area contributed by atoms with Crippen LogP contribution in [0.1, 0.15) is 50.5 Å². The number of nitrogens with zero attached hydrogens (tertiary/aromatic N) is 1. The normalized spacial score (nSPS) is 25.0. The number of carbonyl (C=O) groups excluding carboxylic acids is 1. The summed E-state index contributed by atoms with van der Waals surface area (Å²) < 4.78 is 26.9. The van der Waals surface area contributed by atoms with Crippen LogP contribution < -0.4 is 11.1 Å². The molecular weight excluding hydrogens is 350 g/mol. The first kappa shape index (κ1) is 19.3. The Bertz CT molecular complexity index is 712. The van der Waals surface area contributed by atoms with E-state index in [1.807, 2.05) is 0 Å². The second-order valence-electron chi connectivity index (χ2n) is 7.45. The summed E-state index contributed by atoms with van der Waals surface area (Å²) in [5.74, 6) is 0.0441. The van der Waals surface area contributed by atoms with Gasteiger partial charge < -0.3 is 11.1 Å². The van der Waals surface area contributed by atoms with Gasteiger partial charge in [0, 0.05) is 31.6 Å². The number of rotatable bonds is 5. The van der Waals surface area contributed by atoms with E-state index in [0.717, 1.165) is 50.5 Å². The summed E-state index contributed by atoms with van der Waals surface area (Å²) in [5.41, 5.74) is 6.85. The number of benzene rings is 1. The molecule has 144 valence electrons. The van der Waals surface area contributed by atoms with Gasteiger partial charge in [0.25, 0.3) is 0 Å². The van der Waals surface area contributed by atoms with E-state index in [9.17, 15) is 13.2 Å². The van der Waals surface area contributed by atoms with Crippen molar-refractivity contribution in [1.29, 1.82) is 0 Å². The third-order valence-electron chi connectivity index (χ3n) is 5.43. The molecule has 7 heteroatoms. The Morgan fingerprint density at radius 1 is 1.08 bits per heavy atom. The zero-order valence-electron chi connectivity index (χ0n) is 15.2. The summed E-state index contributed by atoms with van der Waals surface area (Å²) in [6.07, 6.45) is 6.59. The minimum absolute atomic E-state index is 0.00231. The number of carbonyl (C=O) groups is 1. The maximum Gasteiger partial charge on any atom is 0.243 e. The van der Waals surface area contributed by atoms with Crippen molar-refractivity contribution in [3.8, 4) is 0 Å². The maximum atomic E-state index is 12.6. The Hall–Kier alpha value is -1.44. The van der Waals surface area contributed by atoms with Crippen molar-refractivity contribution in [1.82, 2.24) is 9.62 Å². The van der Waals surface area contributed by atoms with Crippen LogP contribution in [0.5, 0.6) is 0 Å². The predicted molar refractivity (Wildman–Crippen MR) is 101 cm³/mol. The van der Waals surface area contributed by atoms with Crippen molar-refractivity contribution in [3.63, 3.8) is 0 Å². The molecule has 1 saturated carbocycles. The number of hydrogen-bond acceptors (Lipinski definition) is 4. The zero-order valence-corrected chi connectivity index (χ0v) is 16.0. The van der Waals surface area contributed by atoms with Crippen LogP contribution in [0.15, 0.2) is 29.2 Å². The Balaban J connectivity index is 1.56. The van der Waals surface area contributed by atoms with Gasteiger partial charge in [0.15, 0.2) is 0 Å². The van der Waals surface area contributed by atoms with Gasteiger partial charge in [0.2, 0.25) is 15.9 Å². The van der Waals surface area contributed by atoms with E-state index in [1.54, 1.807) is 28.6 Å². The standard InChI is InChI=1S/C19H29N3O3S/c20-17-6-4-5-16(13-17)19(23)21-14-15-7-9-18(10-8-15)26(24,25)22-11-2-1-3-12-22/h7-10,16-17H,1-6,11-14,20H2,(H,21,23). The van der Waals surface area contributed by atoms with Crippen molar-refractivity contribution in [2.24, 2.45) is 11.7 Å². The summed E-state index contributed by atoms with van der Waals surface area (Å²) in [4.78, 5) is 12.6. The first-order valence-electron chi connectivity index (χ1n) is 9.59. The fraction of sp³-hybridized carbons (Fsp3) is 0.632. The van der Waals surface area contributed by atoms with Crippen LogP contribution in [-0.2, 0) is 21.4 Å². The largest absolute Gasteiger partial charge is 0.352 e. The van der Waals surface area contributed by atoms with Crippen molar-refractivity contribution in [2.75, 3.05) is 13.1 Å². The minimum atomic E-state index is -3.40. The molecule has 0 bridgehead atoms. The highest BCUT2D eigenvalue weighted by molar-refractivity contribution is 7.89. The Morgan fingerprint density at radius 2 is 1.77 bits per heavy atom. The highest BCUT2D eigenvalue weighted by Crippen LogP contribution is 2.24. The topological polar surface area (TPSA) is 92.5 Å². The van der Waals surface area contributed by atoms with Crippen LogP contribution in [-0.4, -0.2) is 37.8 Å². The maximum absolute atomic E-state index is 12.6. The van der Waals surface area contributed by atoms with Crippen LogP contribution in [0, 0.1) is 5.92 Å². The molecule has 26 heavy (non-hydrogen) atoms. The van der Waals surface area contributed by atoms with E-state index in [0.29, 0.717) is 24.5 Å². The molecule has 2 fully saturated rings. The van der Waals surface area contributed by atoms with Gasteiger partial charge in [-0.05, 0) is 49.8 Å². The molecule has 0 spiro atoms. The molecule has 2 atom stereocenters. The van der Waals surface area contributed by atoms with Gasteiger partial charge >= 0.3 is 0 Å². The first-order valence-corrected chi connectivity index (χ1v) is 11.0. The van der Waals surface area contributed by atoms with E-state index < -0.39 is 10.0 Å². The number of amides is 1. The molecule has 3 N–H and O–H groups in total. The number of piperidine rings is 1. The molecule has 3 rings (SSSR count). The van der Waals surface area contributed by atoms with Gasteiger partial charge in [0.1, 0.15) is 0 Å². The van der Waals surface area contributed by atoms with Gasteiger partial charge in [-0.1, -0.05) is 25.0 Å². The van der Waals surface area contributed by atoms with E-state index in [4.69, 9.17) is 5.73 Å². The highest BCUT2D eigenvalue weighted by atomic mass is 32.2. The summed E-state index contributed by atoms with van der Waals surface area (Å²) in [7, 11) is -3.40. The molecule has 1 aromatic carbocycles. The third-order valence-corrected chi connectivity index (χ3v) is 7.34. The molecule has 0 radical (unpaired) electrons. The Kier molecular flexibility index (Phi) is 6.32. The van der Waals surface area contributed by atoms with Gasteiger partial charge in [-0.2, -0.15) is 4.31 Å². The Morgan fingerprint density at radius 3 is 2.42 bits per heavy atom. The van der Waals surface area contributed by atoms with Crippen LogP contribution in [0.25, 0.3) is 0 Å². The van der Waals surface area contributed by atoms with Crippen molar-refractivity contribution in [2.45, 2.75) is 62.4 Å². The summed E-state index contributed by atoms with van der Waals surface area (Å²) in [6, 6.07) is 6.97. The summed E-state index contributed by atoms with van der Waals surface area (Å²) in [6.45, 7) is 1.61. The zero-order chi connectivity index (χ0) is 18.6. The van der Waals surface area contributed by atoms with Gasteiger partial charge in [-0.15, -0.1) is 0 Å². The van der Waals surface area contributed by atoms with Gasteiger partial charge in [-0.3, -0.25) is 4.79 Å². The second kappa shape index (κ2) is 8.50. The lowest BCUT2D eigenvalue weighted by Crippen LogP contribution is -2.37. The molecule has 2 aliphatic rings. The van der Waals surface area contributed by atoms with Crippen LogP contribution in [0.2, 0.25) is 0 Å². The number of nitrogens with two attached hydrogens (primary N) is 1. The molecule has 1 heterocycles. The lowest BCUT2D eigenvalue weighted by molar-refractivity contribution is -0.126. The molecule has 1 aromatic rings. The van der Waals surface area contributed by atoms with Gasteiger partial charge in [-0.25, -0.2) is 8.42 Å². The SMILES string of the molecule is NC1CCCC(C(=O)NCc2ccc(S(=O)(=O)N3CCCCC3)cc2)C1. The lowest BCUT2D eigenvalue weighted by atomic mass is 9.85. The molecular formula is C19H29N3O3S. The lowest BCUT2D eigenvalue weighted by Gasteiger charge is -2.26. The van der Waals surface area contributed by atoms with Gasteiger partial charge in [0.05, 0.1) is 4.90 Å². The number of nitrogens with one attached hydrogen (secondary N) is 1. The molecule has 1 aliphatic heterocycles. The first-order chi connectivity index (χ1) is 12.5. The Labute approximate surface area is 156 Å². The van der Waals surface area contributed by atoms with E-state index >= 15 is 0 Å². The monoisotopic (exact) mass is 379 g/mol. The molecule has 1 amide bonds. The number of sulfonamides is 1. The molecule has 2 unspecified atom stereocenters. The number of hydrogen-bond donors (Lipinski definition) is 2. The van der Waals surface area contributed by atoms with Crippen LogP contribution in [0.3, 0.4) is 0 Å². The van der Waals surface area contributed by atoms with Crippen molar-refractivity contribution in [3.05, 3.63) is 29.8 Å². The fourth-order valence-electron chi connectivity index (χ4n) is 3.83.